The van der Waals surface area contributed by atoms with Crippen LogP contribution in [0.3, 0.4) is 0 Å². The van der Waals surface area contributed by atoms with Gasteiger partial charge in [0.2, 0.25) is 0 Å². The molecule has 1 N–H and O–H groups in total. The van der Waals surface area contributed by atoms with Gasteiger partial charge in [-0.1, -0.05) is 59.6 Å². The Balaban J connectivity index is 1.73. The summed E-state index contributed by atoms with van der Waals surface area (Å²) in [6.07, 6.45) is -1.00. The number of benzene rings is 3. The average Bonchev–Trinajstić information content (AvgIpc) is 2.63. The minimum Gasteiger partial charge on any atom is -0.449 e. The summed E-state index contributed by atoms with van der Waals surface area (Å²) in [5.74, 6) is -1.15. The number of rotatable bonds is 4. The van der Waals surface area contributed by atoms with Crippen molar-refractivity contribution in [3.8, 4) is 0 Å². The van der Waals surface area contributed by atoms with Gasteiger partial charge in [-0.3, -0.25) is 4.79 Å². The second kappa shape index (κ2) is 7.77. The van der Waals surface area contributed by atoms with E-state index in [1.54, 1.807) is 12.1 Å². The van der Waals surface area contributed by atoms with E-state index < -0.39 is 18.0 Å². The number of hydrogen-bond acceptors (Lipinski definition) is 3. The van der Waals surface area contributed by atoms with Gasteiger partial charge in [0, 0.05) is 16.1 Å². The molecule has 0 fully saturated rings. The van der Waals surface area contributed by atoms with Gasteiger partial charge in [0.1, 0.15) is 0 Å². The average molecular weight is 388 g/mol. The molecule has 0 unspecified atom stereocenters. The molecule has 0 aliphatic carbocycles. The molecule has 0 aromatic heterocycles. The highest BCUT2D eigenvalue weighted by atomic mass is 35.5. The second-order valence-corrected chi connectivity index (χ2v) is 6.53. The van der Waals surface area contributed by atoms with Crippen molar-refractivity contribution >= 4 is 51.5 Å². The zero-order chi connectivity index (χ0) is 18.7. The quantitative estimate of drug-likeness (QED) is 0.615. The molecule has 0 aliphatic rings. The number of hydrogen-bond donors (Lipinski definition) is 1. The van der Waals surface area contributed by atoms with Crippen LogP contribution in [0.5, 0.6) is 0 Å². The minimum absolute atomic E-state index is 0.115. The lowest BCUT2D eigenvalue weighted by atomic mass is 10.1. The molecule has 0 saturated carbocycles. The second-order valence-electron chi connectivity index (χ2n) is 5.69. The molecule has 0 bridgehead atoms. The summed E-state index contributed by atoms with van der Waals surface area (Å²) in [6.45, 7) is 1.50. The lowest BCUT2D eigenvalue weighted by Gasteiger charge is -2.15. The molecule has 132 valence electrons. The highest BCUT2D eigenvalue weighted by Gasteiger charge is 2.21. The van der Waals surface area contributed by atoms with Crippen LogP contribution < -0.4 is 5.32 Å². The Morgan fingerprint density at radius 2 is 1.73 bits per heavy atom. The molecule has 3 aromatic carbocycles. The lowest BCUT2D eigenvalue weighted by Crippen LogP contribution is -2.30. The molecular weight excluding hydrogens is 373 g/mol. The van der Waals surface area contributed by atoms with Gasteiger partial charge in [-0.15, -0.1) is 0 Å². The first kappa shape index (κ1) is 18.2. The molecule has 6 heteroatoms. The Morgan fingerprint density at radius 1 is 1.00 bits per heavy atom. The molecule has 1 atom stereocenters. The standard InChI is InChI=1S/C20H15Cl2NO3/c1-12(26-20(25)16-11-14(21)9-10-17(16)22)19(24)23-18-8-4-6-13-5-2-3-7-15(13)18/h2-12H,1H3,(H,23,24)/t12-/m0/s1. The number of fused-ring (bicyclic) bond motifs is 1. The molecular formula is C20H15Cl2NO3. The first-order valence-corrected chi connectivity index (χ1v) is 8.66. The van der Waals surface area contributed by atoms with Crippen molar-refractivity contribution in [3.63, 3.8) is 0 Å². The topological polar surface area (TPSA) is 55.4 Å². The number of ether oxygens (including phenoxy) is 1. The Kier molecular flexibility index (Phi) is 5.45. The van der Waals surface area contributed by atoms with Crippen LogP contribution in [0.15, 0.2) is 60.7 Å². The Labute approximate surface area is 160 Å². The summed E-state index contributed by atoms with van der Waals surface area (Å²) in [5.41, 5.74) is 0.765. The van der Waals surface area contributed by atoms with Crippen LogP contribution in [-0.4, -0.2) is 18.0 Å². The van der Waals surface area contributed by atoms with Crippen LogP contribution in [0.1, 0.15) is 17.3 Å². The summed E-state index contributed by atoms with van der Waals surface area (Å²) in [4.78, 5) is 24.7. The van der Waals surface area contributed by atoms with E-state index in [9.17, 15) is 9.59 Å². The smallest absolute Gasteiger partial charge is 0.340 e. The third-order valence-electron chi connectivity index (χ3n) is 3.85. The van der Waals surface area contributed by atoms with Crippen LogP contribution >= 0.6 is 23.2 Å². The van der Waals surface area contributed by atoms with Crippen molar-refractivity contribution in [1.29, 1.82) is 0 Å². The minimum atomic E-state index is -1.00. The maximum absolute atomic E-state index is 12.4. The van der Waals surface area contributed by atoms with Crippen molar-refractivity contribution in [1.82, 2.24) is 0 Å². The molecule has 3 rings (SSSR count). The molecule has 4 nitrogen and oxygen atoms in total. The van der Waals surface area contributed by atoms with E-state index in [0.717, 1.165) is 10.8 Å². The third kappa shape index (κ3) is 3.98. The zero-order valence-corrected chi connectivity index (χ0v) is 15.3. The zero-order valence-electron chi connectivity index (χ0n) is 13.8. The van der Waals surface area contributed by atoms with Gasteiger partial charge in [0.15, 0.2) is 6.10 Å². The maximum Gasteiger partial charge on any atom is 0.340 e. The first-order valence-electron chi connectivity index (χ1n) is 7.90. The van der Waals surface area contributed by atoms with Crippen LogP contribution in [0.25, 0.3) is 10.8 Å². The van der Waals surface area contributed by atoms with E-state index >= 15 is 0 Å². The Morgan fingerprint density at radius 3 is 2.54 bits per heavy atom. The van der Waals surface area contributed by atoms with Crippen LogP contribution in [0, 0.1) is 0 Å². The summed E-state index contributed by atoms with van der Waals surface area (Å²) in [7, 11) is 0. The number of anilines is 1. The van der Waals surface area contributed by atoms with Crippen LogP contribution in [0.2, 0.25) is 10.0 Å². The SMILES string of the molecule is C[C@H](OC(=O)c1cc(Cl)ccc1Cl)C(=O)Nc1cccc2ccccc12. The summed E-state index contributed by atoms with van der Waals surface area (Å²) in [5, 5.41) is 5.26. The third-order valence-corrected chi connectivity index (χ3v) is 4.41. The molecule has 0 aliphatic heterocycles. The van der Waals surface area contributed by atoms with Crippen molar-refractivity contribution in [2.75, 3.05) is 5.32 Å². The molecule has 1 amide bonds. The summed E-state index contributed by atoms with van der Waals surface area (Å²) >= 11 is 11.9. The van der Waals surface area contributed by atoms with Crippen molar-refractivity contribution in [2.24, 2.45) is 0 Å². The normalized spacial score (nSPS) is 11.8. The monoisotopic (exact) mass is 387 g/mol. The lowest BCUT2D eigenvalue weighted by molar-refractivity contribution is -0.123. The molecule has 0 spiro atoms. The van der Waals surface area contributed by atoms with Crippen molar-refractivity contribution in [3.05, 3.63) is 76.3 Å². The number of carbonyl (C=O) groups excluding carboxylic acids is 2. The van der Waals surface area contributed by atoms with Gasteiger partial charge in [-0.2, -0.15) is 0 Å². The van der Waals surface area contributed by atoms with Crippen molar-refractivity contribution < 1.29 is 14.3 Å². The summed E-state index contributed by atoms with van der Waals surface area (Å²) in [6, 6.07) is 17.7. The predicted molar refractivity (Wildman–Crippen MR) is 104 cm³/mol. The molecule has 0 heterocycles. The fourth-order valence-corrected chi connectivity index (χ4v) is 2.87. The van der Waals surface area contributed by atoms with E-state index in [0.29, 0.717) is 10.7 Å². The maximum atomic E-state index is 12.4. The fraction of sp³-hybridized carbons (Fsp3) is 0.100. The molecule has 0 saturated heterocycles. The molecule has 26 heavy (non-hydrogen) atoms. The van der Waals surface area contributed by atoms with Crippen molar-refractivity contribution in [2.45, 2.75) is 13.0 Å². The number of carbonyl (C=O) groups is 2. The number of nitrogens with one attached hydrogen (secondary N) is 1. The Hall–Kier alpha value is -2.56. The van der Waals surface area contributed by atoms with E-state index in [4.69, 9.17) is 27.9 Å². The largest absolute Gasteiger partial charge is 0.449 e. The Bertz CT molecular complexity index is 982. The molecule has 3 aromatic rings. The highest BCUT2D eigenvalue weighted by Crippen LogP contribution is 2.24. The number of esters is 1. The summed E-state index contributed by atoms with van der Waals surface area (Å²) < 4.78 is 5.22. The van der Waals surface area contributed by atoms with Gasteiger partial charge < -0.3 is 10.1 Å². The fourth-order valence-electron chi connectivity index (χ4n) is 2.50. The van der Waals surface area contributed by atoms with E-state index in [1.807, 2.05) is 36.4 Å². The highest BCUT2D eigenvalue weighted by molar-refractivity contribution is 6.35. The van der Waals surface area contributed by atoms with Crippen LogP contribution in [-0.2, 0) is 9.53 Å². The van der Waals surface area contributed by atoms with Gasteiger partial charge in [0.05, 0.1) is 10.6 Å². The van der Waals surface area contributed by atoms with Gasteiger partial charge in [-0.25, -0.2) is 4.79 Å². The first-order chi connectivity index (χ1) is 12.5. The van der Waals surface area contributed by atoms with Gasteiger partial charge in [0.25, 0.3) is 5.91 Å². The number of halogens is 2. The van der Waals surface area contributed by atoms with Crippen LogP contribution in [0.4, 0.5) is 5.69 Å². The number of amides is 1. The van der Waals surface area contributed by atoms with E-state index in [-0.39, 0.29) is 10.6 Å². The predicted octanol–water partition coefficient (Wildman–Crippen LogP) is 5.33. The van der Waals surface area contributed by atoms with E-state index in [1.165, 1.54) is 19.1 Å². The van der Waals surface area contributed by atoms with Gasteiger partial charge in [-0.05, 0) is 36.6 Å². The van der Waals surface area contributed by atoms with E-state index in [2.05, 4.69) is 5.32 Å². The van der Waals surface area contributed by atoms with Gasteiger partial charge >= 0.3 is 5.97 Å². The molecule has 0 radical (unpaired) electrons.